The van der Waals surface area contributed by atoms with Crippen LogP contribution in [-0.2, 0) is 11.3 Å². The molecule has 0 aliphatic carbocycles. The number of hydrogen-bond donors (Lipinski definition) is 1. The smallest absolute Gasteiger partial charge is 0.239 e. The number of likely N-dealkylation sites (N-methyl/N-ethyl adjacent to an activating group) is 1. The summed E-state index contributed by atoms with van der Waals surface area (Å²) in [6.45, 7) is 1.95. The Kier molecular flexibility index (Phi) is 7.21. The number of hydrogen-bond acceptors (Lipinski definition) is 2. The first-order valence-electron chi connectivity index (χ1n) is 5.40. The molecule has 0 fully saturated rings. The third-order valence-electron chi connectivity index (χ3n) is 2.59. The van der Waals surface area contributed by atoms with Gasteiger partial charge in [-0.2, -0.15) is 0 Å². The molecule has 2 N–H and O–H groups in total. The van der Waals surface area contributed by atoms with Gasteiger partial charge in [-0.05, 0) is 18.6 Å². The van der Waals surface area contributed by atoms with E-state index < -0.39 is 11.9 Å². The van der Waals surface area contributed by atoms with Crippen molar-refractivity contribution in [3.05, 3.63) is 34.6 Å². The zero-order valence-corrected chi connectivity index (χ0v) is 11.9. The molecule has 0 bridgehead atoms. The molecule has 0 saturated heterocycles. The fourth-order valence-corrected chi connectivity index (χ4v) is 1.68. The Morgan fingerprint density at radius 1 is 1.56 bits per heavy atom. The van der Waals surface area contributed by atoms with Crippen LogP contribution >= 0.6 is 24.0 Å². The number of nitrogens with two attached hydrogens (primary N) is 1. The maximum Gasteiger partial charge on any atom is 0.239 e. The molecule has 6 heteroatoms. The molecule has 0 aliphatic heterocycles. The lowest BCUT2D eigenvalue weighted by atomic mass is 10.1. The molecule has 0 spiro atoms. The van der Waals surface area contributed by atoms with Crippen LogP contribution in [0.1, 0.15) is 18.9 Å². The van der Waals surface area contributed by atoms with E-state index in [2.05, 4.69) is 0 Å². The van der Waals surface area contributed by atoms with Crippen molar-refractivity contribution in [3.8, 4) is 0 Å². The number of amides is 1. The molecule has 1 atom stereocenters. The van der Waals surface area contributed by atoms with Crippen molar-refractivity contribution in [2.45, 2.75) is 25.9 Å². The first kappa shape index (κ1) is 17.2. The van der Waals surface area contributed by atoms with Gasteiger partial charge in [0.05, 0.1) is 6.04 Å². The maximum absolute atomic E-state index is 13.5. The summed E-state index contributed by atoms with van der Waals surface area (Å²) in [5.74, 6) is -0.631. The summed E-state index contributed by atoms with van der Waals surface area (Å²) in [6, 6.07) is 3.89. The highest BCUT2D eigenvalue weighted by Gasteiger charge is 2.18. The van der Waals surface area contributed by atoms with E-state index in [0.717, 1.165) is 0 Å². The minimum Gasteiger partial charge on any atom is -0.340 e. The zero-order valence-electron chi connectivity index (χ0n) is 10.3. The second-order valence-electron chi connectivity index (χ2n) is 3.91. The van der Waals surface area contributed by atoms with Gasteiger partial charge >= 0.3 is 0 Å². The molecule has 1 amide bonds. The standard InChI is InChI=1S/C12H16ClFN2O.ClH/c1-3-11(15)12(17)16(2)7-8-9(13)5-4-6-10(8)14;/h4-6,11H,3,7,15H2,1-2H3;1H/t11-;/m0./s1. The van der Waals surface area contributed by atoms with Crippen LogP contribution in [0.25, 0.3) is 0 Å². The topological polar surface area (TPSA) is 46.3 Å². The second kappa shape index (κ2) is 7.56. The lowest BCUT2D eigenvalue weighted by Gasteiger charge is -2.21. The Balaban J connectivity index is 0.00000289. The van der Waals surface area contributed by atoms with Crippen molar-refractivity contribution in [2.75, 3.05) is 7.05 Å². The van der Waals surface area contributed by atoms with Crippen molar-refractivity contribution in [1.82, 2.24) is 4.90 Å². The monoisotopic (exact) mass is 294 g/mol. The lowest BCUT2D eigenvalue weighted by Crippen LogP contribution is -2.41. The summed E-state index contributed by atoms with van der Waals surface area (Å²) >= 11 is 5.88. The number of halogens is 3. The molecule has 0 aromatic heterocycles. The van der Waals surface area contributed by atoms with Gasteiger partial charge in [0.15, 0.2) is 0 Å². The highest BCUT2D eigenvalue weighted by molar-refractivity contribution is 6.31. The number of carbonyl (C=O) groups excluding carboxylic acids is 1. The summed E-state index contributed by atoms with van der Waals surface area (Å²) in [5.41, 5.74) is 5.94. The zero-order chi connectivity index (χ0) is 13.0. The molecule has 3 nitrogen and oxygen atoms in total. The van der Waals surface area contributed by atoms with Crippen LogP contribution in [-0.4, -0.2) is 23.9 Å². The molecular weight excluding hydrogens is 278 g/mol. The van der Waals surface area contributed by atoms with Crippen molar-refractivity contribution >= 4 is 29.9 Å². The van der Waals surface area contributed by atoms with E-state index in [1.165, 1.54) is 17.0 Å². The summed E-state index contributed by atoms with van der Waals surface area (Å²) < 4.78 is 13.5. The van der Waals surface area contributed by atoms with E-state index in [9.17, 15) is 9.18 Å². The Bertz CT molecular complexity index is 395. The van der Waals surface area contributed by atoms with Gasteiger partial charge in [-0.25, -0.2) is 4.39 Å². The van der Waals surface area contributed by atoms with Gasteiger partial charge in [-0.15, -0.1) is 12.4 Å². The van der Waals surface area contributed by atoms with Gasteiger partial charge in [0.25, 0.3) is 0 Å². The minimum atomic E-state index is -0.550. The highest BCUT2D eigenvalue weighted by Crippen LogP contribution is 2.20. The van der Waals surface area contributed by atoms with Crippen LogP contribution < -0.4 is 5.73 Å². The predicted molar refractivity (Wildman–Crippen MR) is 73.4 cm³/mol. The van der Waals surface area contributed by atoms with Gasteiger partial charge in [0, 0.05) is 24.2 Å². The molecule has 1 rings (SSSR count). The minimum absolute atomic E-state index is 0. The fourth-order valence-electron chi connectivity index (χ4n) is 1.46. The highest BCUT2D eigenvalue weighted by atomic mass is 35.5. The lowest BCUT2D eigenvalue weighted by molar-refractivity contribution is -0.131. The average Bonchev–Trinajstić information content (AvgIpc) is 2.31. The molecule has 0 aliphatic rings. The second-order valence-corrected chi connectivity index (χ2v) is 4.32. The molecule has 1 aromatic carbocycles. The van der Waals surface area contributed by atoms with E-state index in [4.69, 9.17) is 17.3 Å². The van der Waals surface area contributed by atoms with Gasteiger partial charge in [-0.3, -0.25) is 4.79 Å². The molecule has 0 unspecified atom stereocenters. The van der Waals surface area contributed by atoms with Gasteiger partial charge in [0.1, 0.15) is 5.82 Å². The molecule has 18 heavy (non-hydrogen) atoms. The van der Waals surface area contributed by atoms with E-state index in [-0.39, 0.29) is 24.9 Å². The van der Waals surface area contributed by atoms with Crippen LogP contribution in [0.2, 0.25) is 5.02 Å². The summed E-state index contributed by atoms with van der Waals surface area (Å²) in [7, 11) is 1.58. The quantitative estimate of drug-likeness (QED) is 0.928. The molecule has 0 radical (unpaired) electrons. The van der Waals surface area contributed by atoms with E-state index in [1.54, 1.807) is 13.1 Å². The summed E-state index contributed by atoms with van der Waals surface area (Å²) in [6.07, 6.45) is 0.550. The third kappa shape index (κ3) is 4.12. The molecule has 0 saturated carbocycles. The van der Waals surface area contributed by atoms with Crippen molar-refractivity contribution < 1.29 is 9.18 Å². The SMILES string of the molecule is CC[C@H](N)C(=O)N(C)Cc1c(F)cccc1Cl.Cl. The predicted octanol–water partition coefficient (Wildman–Crippen LogP) is 2.60. The van der Waals surface area contributed by atoms with Crippen molar-refractivity contribution in [3.63, 3.8) is 0 Å². The molecule has 1 aromatic rings. The van der Waals surface area contributed by atoms with Crippen molar-refractivity contribution in [1.29, 1.82) is 0 Å². The normalized spacial score (nSPS) is 11.6. The van der Waals surface area contributed by atoms with Crippen LogP contribution in [0.3, 0.4) is 0 Å². The Morgan fingerprint density at radius 2 is 2.17 bits per heavy atom. The van der Waals surface area contributed by atoms with Gasteiger partial charge in [0.2, 0.25) is 5.91 Å². The van der Waals surface area contributed by atoms with E-state index in [0.29, 0.717) is 17.0 Å². The Hall–Kier alpha value is -0.840. The molecule has 102 valence electrons. The summed E-state index contributed by atoms with van der Waals surface area (Å²) in [5, 5.41) is 0.315. The third-order valence-corrected chi connectivity index (χ3v) is 2.94. The van der Waals surface area contributed by atoms with E-state index in [1.807, 2.05) is 6.92 Å². The van der Waals surface area contributed by atoms with Gasteiger partial charge in [-0.1, -0.05) is 24.6 Å². The molecule has 0 heterocycles. The van der Waals surface area contributed by atoms with Crippen LogP contribution in [0.5, 0.6) is 0 Å². The average molecular weight is 295 g/mol. The first-order valence-corrected chi connectivity index (χ1v) is 5.78. The van der Waals surface area contributed by atoms with Crippen molar-refractivity contribution in [2.24, 2.45) is 5.73 Å². The summed E-state index contributed by atoms with van der Waals surface area (Å²) in [4.78, 5) is 13.1. The van der Waals surface area contributed by atoms with E-state index >= 15 is 0 Å². The fraction of sp³-hybridized carbons (Fsp3) is 0.417. The molecular formula is C12H17Cl2FN2O. The number of nitrogens with zero attached hydrogens (tertiary/aromatic N) is 1. The maximum atomic E-state index is 13.5. The Labute approximate surface area is 118 Å². The van der Waals surface area contributed by atoms with Crippen LogP contribution in [0.15, 0.2) is 18.2 Å². The Morgan fingerprint density at radius 3 is 2.67 bits per heavy atom. The number of benzene rings is 1. The van der Waals surface area contributed by atoms with Crippen LogP contribution in [0.4, 0.5) is 4.39 Å². The van der Waals surface area contributed by atoms with Crippen LogP contribution in [0, 0.1) is 5.82 Å². The van der Waals surface area contributed by atoms with Gasteiger partial charge < -0.3 is 10.6 Å². The largest absolute Gasteiger partial charge is 0.340 e. The number of carbonyl (C=O) groups is 1. The first-order chi connectivity index (χ1) is 7.97. The number of rotatable bonds is 4.